The molecule has 2 aliphatic rings. The first-order valence-electron chi connectivity index (χ1n) is 12.3. The quantitative estimate of drug-likeness (QED) is 0.547. The van der Waals surface area contributed by atoms with Crippen LogP contribution in [0.3, 0.4) is 0 Å². The highest BCUT2D eigenvalue weighted by Crippen LogP contribution is 2.39. The lowest BCUT2D eigenvalue weighted by Crippen LogP contribution is -2.58. The van der Waals surface area contributed by atoms with Gasteiger partial charge in [-0.05, 0) is 49.9 Å². The fourth-order valence-corrected chi connectivity index (χ4v) is 5.44. The molecular weight excluding hydrogens is 462 g/mol. The second-order valence-electron chi connectivity index (χ2n) is 9.22. The number of anilines is 1. The van der Waals surface area contributed by atoms with Crippen LogP contribution in [0, 0.1) is 0 Å². The van der Waals surface area contributed by atoms with Crippen LogP contribution in [-0.2, 0) is 4.79 Å². The smallest absolute Gasteiger partial charge is 0.251 e. The number of hydrogen-bond acceptors (Lipinski definition) is 7. The van der Waals surface area contributed by atoms with Crippen LogP contribution in [0.4, 0.5) is 5.69 Å². The third-order valence-electron chi connectivity index (χ3n) is 7.10. The molecule has 0 aromatic heterocycles. The third-order valence-corrected chi connectivity index (χ3v) is 7.10. The van der Waals surface area contributed by atoms with E-state index in [1.807, 2.05) is 24.3 Å². The number of fused-ring (bicyclic) bond motifs is 2. The molecule has 2 N–H and O–H groups in total. The van der Waals surface area contributed by atoms with Gasteiger partial charge in [-0.25, -0.2) is 0 Å². The minimum atomic E-state index is -0.181. The predicted octanol–water partition coefficient (Wildman–Crippen LogP) is 3.48. The van der Waals surface area contributed by atoms with Gasteiger partial charge in [0.15, 0.2) is 11.5 Å². The molecule has 0 spiro atoms. The van der Waals surface area contributed by atoms with Crippen molar-refractivity contribution in [2.75, 3.05) is 40.3 Å². The Balaban J connectivity index is 1.40. The van der Waals surface area contributed by atoms with Crippen molar-refractivity contribution in [3.05, 3.63) is 42.0 Å². The summed E-state index contributed by atoms with van der Waals surface area (Å²) in [7, 11) is 6.18. The van der Waals surface area contributed by atoms with Crippen LogP contribution >= 0.6 is 0 Å². The summed E-state index contributed by atoms with van der Waals surface area (Å²) in [5.41, 5.74) is 1.12. The topological polar surface area (TPSA) is 98.4 Å². The normalized spacial score (nSPS) is 21.3. The van der Waals surface area contributed by atoms with Crippen molar-refractivity contribution in [1.29, 1.82) is 0 Å². The van der Waals surface area contributed by atoms with Gasteiger partial charge < -0.3 is 29.6 Å². The van der Waals surface area contributed by atoms with Crippen molar-refractivity contribution < 1.29 is 28.5 Å². The molecule has 2 bridgehead atoms. The first kappa shape index (κ1) is 25.6. The summed E-state index contributed by atoms with van der Waals surface area (Å²) in [5.74, 6) is 1.73. The number of piperidine rings is 2. The van der Waals surface area contributed by atoms with E-state index in [2.05, 4.69) is 15.5 Å². The number of amides is 2. The number of nitrogens with zero attached hydrogens (tertiary/aromatic N) is 1. The number of ether oxygens (including phenoxy) is 4. The summed E-state index contributed by atoms with van der Waals surface area (Å²) in [5, 5.41) is 6.18. The Labute approximate surface area is 212 Å². The van der Waals surface area contributed by atoms with Gasteiger partial charge in [0, 0.05) is 23.7 Å². The predicted molar refractivity (Wildman–Crippen MR) is 136 cm³/mol. The molecule has 2 aromatic carbocycles. The van der Waals surface area contributed by atoms with E-state index in [0.29, 0.717) is 40.8 Å². The highest BCUT2D eigenvalue weighted by atomic mass is 16.5. The van der Waals surface area contributed by atoms with Crippen LogP contribution in [0.25, 0.3) is 0 Å². The number of hydrogen-bond donors (Lipinski definition) is 2. The minimum absolute atomic E-state index is 0.0282. The van der Waals surface area contributed by atoms with Crippen molar-refractivity contribution in [2.45, 2.75) is 50.2 Å². The Morgan fingerprint density at radius 3 is 2.08 bits per heavy atom. The SMILES string of the molecule is COc1ccccc1NC(=O)CN1C2CCCC1CC(NC(=O)c1cc(OC)c(OC)c(OC)c1)C2. The summed E-state index contributed by atoms with van der Waals surface area (Å²) >= 11 is 0. The molecule has 2 heterocycles. The molecule has 2 fully saturated rings. The standard InChI is InChI=1S/C27H35N3O6/c1-33-22-11-6-5-10-21(22)29-25(31)16-30-19-8-7-9-20(30)15-18(14-19)28-27(32)17-12-23(34-2)26(36-4)24(13-17)35-3/h5-6,10-13,18-20H,7-9,14-16H2,1-4H3,(H,28,32)(H,29,31). The molecule has 194 valence electrons. The highest BCUT2D eigenvalue weighted by Gasteiger charge is 2.39. The summed E-state index contributed by atoms with van der Waals surface area (Å²) in [6, 6.07) is 11.2. The van der Waals surface area contributed by atoms with Crippen molar-refractivity contribution in [2.24, 2.45) is 0 Å². The van der Waals surface area contributed by atoms with E-state index in [1.165, 1.54) is 21.3 Å². The Hall–Kier alpha value is -3.46. The van der Waals surface area contributed by atoms with Gasteiger partial charge >= 0.3 is 0 Å². The number of para-hydroxylation sites is 2. The molecule has 2 saturated heterocycles. The molecule has 0 aliphatic carbocycles. The molecule has 2 amide bonds. The summed E-state index contributed by atoms with van der Waals surface area (Å²) in [6.07, 6.45) is 4.75. The average molecular weight is 498 g/mol. The second kappa shape index (κ2) is 11.5. The highest BCUT2D eigenvalue weighted by molar-refractivity contribution is 5.96. The molecule has 2 aliphatic heterocycles. The van der Waals surface area contributed by atoms with Crippen molar-refractivity contribution in [3.8, 4) is 23.0 Å². The Kier molecular flexibility index (Phi) is 8.20. The van der Waals surface area contributed by atoms with Gasteiger partial charge in [0.05, 0.1) is 40.7 Å². The fraction of sp³-hybridized carbons (Fsp3) is 0.481. The maximum Gasteiger partial charge on any atom is 0.251 e. The van der Waals surface area contributed by atoms with Crippen LogP contribution in [0.5, 0.6) is 23.0 Å². The zero-order chi connectivity index (χ0) is 25.7. The van der Waals surface area contributed by atoms with Gasteiger partial charge in [-0.1, -0.05) is 18.6 Å². The molecule has 36 heavy (non-hydrogen) atoms. The first-order valence-corrected chi connectivity index (χ1v) is 12.3. The molecule has 9 nitrogen and oxygen atoms in total. The van der Waals surface area contributed by atoms with Gasteiger partial charge in [0.2, 0.25) is 11.7 Å². The van der Waals surface area contributed by atoms with E-state index in [9.17, 15) is 9.59 Å². The number of nitrogens with one attached hydrogen (secondary N) is 2. The van der Waals surface area contributed by atoms with E-state index < -0.39 is 0 Å². The Morgan fingerprint density at radius 1 is 0.889 bits per heavy atom. The molecule has 2 unspecified atom stereocenters. The average Bonchev–Trinajstić information content (AvgIpc) is 2.88. The lowest BCUT2D eigenvalue weighted by atomic mass is 9.81. The van der Waals surface area contributed by atoms with Crippen molar-refractivity contribution >= 4 is 17.5 Å². The summed E-state index contributed by atoms with van der Waals surface area (Å²) in [6.45, 7) is 0.320. The lowest BCUT2D eigenvalue weighted by Gasteiger charge is -2.48. The van der Waals surface area contributed by atoms with Crippen LogP contribution in [0.1, 0.15) is 42.5 Å². The van der Waals surface area contributed by atoms with Gasteiger partial charge in [-0.15, -0.1) is 0 Å². The maximum atomic E-state index is 13.1. The summed E-state index contributed by atoms with van der Waals surface area (Å²) < 4.78 is 21.5. The monoisotopic (exact) mass is 497 g/mol. The van der Waals surface area contributed by atoms with Gasteiger partial charge in [0.1, 0.15) is 5.75 Å². The van der Waals surface area contributed by atoms with Gasteiger partial charge in [-0.2, -0.15) is 0 Å². The third kappa shape index (κ3) is 5.51. The Bertz CT molecular complexity index is 1050. The van der Waals surface area contributed by atoms with Crippen LogP contribution in [0.15, 0.2) is 36.4 Å². The molecule has 9 heteroatoms. The van der Waals surface area contributed by atoms with Crippen LogP contribution in [-0.4, -0.2) is 69.8 Å². The van der Waals surface area contributed by atoms with Crippen molar-refractivity contribution in [3.63, 3.8) is 0 Å². The van der Waals surface area contributed by atoms with E-state index in [1.54, 1.807) is 19.2 Å². The van der Waals surface area contributed by atoms with Crippen LogP contribution < -0.4 is 29.6 Å². The summed E-state index contributed by atoms with van der Waals surface area (Å²) in [4.78, 5) is 28.3. The zero-order valence-corrected chi connectivity index (χ0v) is 21.3. The molecule has 2 aromatic rings. The van der Waals surface area contributed by atoms with E-state index in [0.717, 1.165) is 32.1 Å². The number of rotatable bonds is 9. The minimum Gasteiger partial charge on any atom is -0.495 e. The molecule has 4 rings (SSSR count). The number of methoxy groups -OCH3 is 4. The Morgan fingerprint density at radius 2 is 1.50 bits per heavy atom. The van der Waals surface area contributed by atoms with Gasteiger partial charge in [-0.3, -0.25) is 14.5 Å². The molecular formula is C27H35N3O6. The number of carbonyl (C=O) groups is 2. The second-order valence-corrected chi connectivity index (χ2v) is 9.22. The molecule has 0 radical (unpaired) electrons. The zero-order valence-electron chi connectivity index (χ0n) is 21.3. The molecule has 2 atom stereocenters. The van der Waals surface area contributed by atoms with E-state index >= 15 is 0 Å². The fourth-order valence-electron chi connectivity index (χ4n) is 5.44. The molecule has 0 saturated carbocycles. The number of carbonyl (C=O) groups excluding carboxylic acids is 2. The lowest BCUT2D eigenvalue weighted by molar-refractivity contribution is -0.120. The van der Waals surface area contributed by atoms with Crippen molar-refractivity contribution in [1.82, 2.24) is 10.2 Å². The van der Waals surface area contributed by atoms with E-state index in [4.69, 9.17) is 18.9 Å². The first-order chi connectivity index (χ1) is 17.5. The number of benzene rings is 2. The van der Waals surface area contributed by atoms with Crippen LogP contribution in [0.2, 0.25) is 0 Å². The maximum absolute atomic E-state index is 13.1. The largest absolute Gasteiger partial charge is 0.495 e. The van der Waals surface area contributed by atoms with Gasteiger partial charge in [0.25, 0.3) is 5.91 Å². The van der Waals surface area contributed by atoms with E-state index in [-0.39, 0.29) is 29.9 Å².